The molecule has 0 atom stereocenters. The summed E-state index contributed by atoms with van der Waals surface area (Å²) >= 11 is 22.5. The van der Waals surface area contributed by atoms with Crippen LogP contribution in [0.3, 0.4) is 0 Å². The fraction of sp³-hybridized carbons (Fsp3) is 0. The predicted octanol–water partition coefficient (Wildman–Crippen LogP) is 5.92. The molecule has 0 spiro atoms. The van der Waals surface area contributed by atoms with Crippen molar-refractivity contribution in [2.75, 3.05) is 0 Å². The zero-order valence-corrected chi connectivity index (χ0v) is 13.7. The van der Waals surface area contributed by atoms with Gasteiger partial charge in [0.05, 0.1) is 21.4 Å². The highest BCUT2D eigenvalue weighted by Gasteiger charge is 1.98. The maximum absolute atomic E-state index is 9.84. The average molecular weight is 376 g/mol. The third-order valence-electron chi connectivity index (χ3n) is 2.15. The Morgan fingerprint density at radius 2 is 1.23 bits per heavy atom. The molecule has 0 saturated carbocycles. The minimum Gasteiger partial charge on any atom is -0.211 e. The monoisotopic (exact) mass is 374 g/mol. The molecule has 2 rings (SSSR count). The van der Waals surface area contributed by atoms with Gasteiger partial charge in [0.2, 0.25) is 12.2 Å². The molecule has 0 radical (unpaired) electrons. The molecule has 4 nitrogen and oxygen atoms in total. The van der Waals surface area contributed by atoms with Gasteiger partial charge in [-0.25, -0.2) is 9.59 Å². The number of benzene rings is 2. The van der Waals surface area contributed by atoms with Gasteiger partial charge in [-0.15, -0.1) is 0 Å². The Bertz CT molecular complexity index is 767. The number of hydrogen-bond donors (Lipinski definition) is 0. The van der Waals surface area contributed by atoms with Crippen molar-refractivity contribution in [2.45, 2.75) is 0 Å². The van der Waals surface area contributed by atoms with Crippen molar-refractivity contribution in [2.24, 2.45) is 9.98 Å². The van der Waals surface area contributed by atoms with Crippen LogP contribution in [0, 0.1) is 0 Å². The topological polar surface area (TPSA) is 58.9 Å². The fourth-order valence-electron chi connectivity index (χ4n) is 1.24. The van der Waals surface area contributed by atoms with Gasteiger partial charge >= 0.3 is 0 Å². The van der Waals surface area contributed by atoms with E-state index in [-0.39, 0.29) is 0 Å². The number of carbonyl (C=O) groups excluding carboxylic acids is 2. The van der Waals surface area contributed by atoms with E-state index in [1.165, 1.54) is 24.3 Å². The van der Waals surface area contributed by atoms with Crippen LogP contribution < -0.4 is 0 Å². The smallest absolute Gasteiger partial charge is 0.211 e. The summed E-state index contributed by atoms with van der Waals surface area (Å²) in [5.41, 5.74) is 0.722. The van der Waals surface area contributed by atoms with Gasteiger partial charge in [0.25, 0.3) is 0 Å². The number of halogens is 4. The molecule has 2 aromatic carbocycles. The van der Waals surface area contributed by atoms with E-state index in [0.717, 1.165) is 0 Å². The zero-order valence-electron chi connectivity index (χ0n) is 10.7. The standard InChI is InChI=1S/2C7H3Cl2NO/c8-5-1-2-7(10-4-11)6(9)3-5;8-5-1-2-6(9)7(3-5)10-4-11/h2*1-3H. The number of hydrogen-bond acceptors (Lipinski definition) is 4. The van der Waals surface area contributed by atoms with Crippen LogP contribution in [0.2, 0.25) is 20.1 Å². The van der Waals surface area contributed by atoms with Gasteiger partial charge < -0.3 is 0 Å². The molecule has 0 aliphatic rings. The average Bonchev–Trinajstić information content (AvgIpc) is 2.47. The van der Waals surface area contributed by atoms with Gasteiger partial charge in [0.1, 0.15) is 0 Å². The van der Waals surface area contributed by atoms with Crippen molar-refractivity contribution in [3.05, 3.63) is 56.5 Å². The Morgan fingerprint density at radius 3 is 1.82 bits per heavy atom. The second kappa shape index (κ2) is 9.39. The molecule has 8 heteroatoms. The summed E-state index contributed by atoms with van der Waals surface area (Å²) < 4.78 is 0. The number of rotatable bonds is 2. The zero-order chi connectivity index (χ0) is 16.5. The van der Waals surface area contributed by atoms with Crippen molar-refractivity contribution in [3.63, 3.8) is 0 Å². The van der Waals surface area contributed by atoms with Crippen LogP contribution in [0.1, 0.15) is 0 Å². The van der Waals surface area contributed by atoms with E-state index in [1.54, 1.807) is 24.3 Å². The first-order valence-electron chi connectivity index (χ1n) is 5.53. The van der Waals surface area contributed by atoms with E-state index < -0.39 is 0 Å². The third-order valence-corrected chi connectivity index (χ3v) is 3.24. The van der Waals surface area contributed by atoms with Crippen LogP contribution in [0.25, 0.3) is 0 Å². The second-order valence-corrected chi connectivity index (χ2v) is 5.28. The van der Waals surface area contributed by atoms with Crippen LogP contribution in [0.15, 0.2) is 46.4 Å². The SMILES string of the molecule is O=C=Nc1cc(Cl)ccc1Cl.O=C=Nc1ccc(Cl)cc1Cl. The van der Waals surface area contributed by atoms with E-state index >= 15 is 0 Å². The molecule has 0 saturated heterocycles. The summed E-state index contributed by atoms with van der Waals surface area (Å²) in [6, 6.07) is 9.35. The van der Waals surface area contributed by atoms with Crippen molar-refractivity contribution in [1.82, 2.24) is 0 Å². The summed E-state index contributed by atoms with van der Waals surface area (Å²) in [4.78, 5) is 26.4. The highest BCUT2D eigenvalue weighted by molar-refractivity contribution is 6.36. The van der Waals surface area contributed by atoms with Crippen LogP contribution in [0.5, 0.6) is 0 Å². The molecular formula is C14H6Cl4N2O2. The summed E-state index contributed by atoms with van der Waals surface area (Å²) in [5, 5.41) is 1.74. The van der Waals surface area contributed by atoms with E-state index in [1.807, 2.05) is 0 Å². The normalized spacial score (nSPS) is 8.91. The number of isocyanates is 2. The van der Waals surface area contributed by atoms with Gasteiger partial charge in [0, 0.05) is 10.0 Å². The lowest BCUT2D eigenvalue weighted by Crippen LogP contribution is -1.68. The number of aliphatic imine (C=N–C) groups is 2. The molecule has 0 aliphatic carbocycles. The first-order chi connectivity index (χ1) is 10.5. The van der Waals surface area contributed by atoms with Crippen molar-refractivity contribution in [3.8, 4) is 0 Å². The van der Waals surface area contributed by atoms with Gasteiger partial charge in [0.15, 0.2) is 0 Å². The Labute approximate surface area is 146 Å². The van der Waals surface area contributed by atoms with Crippen LogP contribution in [-0.2, 0) is 9.59 Å². The summed E-state index contributed by atoms with van der Waals surface area (Å²) in [6.07, 6.45) is 2.78. The Kier molecular flexibility index (Phi) is 7.86. The molecule has 22 heavy (non-hydrogen) atoms. The van der Waals surface area contributed by atoms with Gasteiger partial charge in [-0.05, 0) is 36.4 Å². The summed E-state index contributed by atoms with van der Waals surface area (Å²) in [6.45, 7) is 0. The maximum atomic E-state index is 9.84. The molecule has 0 bridgehead atoms. The molecule has 0 aliphatic heterocycles. The molecule has 0 fully saturated rings. The molecule has 112 valence electrons. The third kappa shape index (κ3) is 6.00. The first-order valence-corrected chi connectivity index (χ1v) is 7.05. The maximum Gasteiger partial charge on any atom is 0.240 e. The highest BCUT2D eigenvalue weighted by atomic mass is 35.5. The lowest BCUT2D eigenvalue weighted by Gasteiger charge is -1.94. The Morgan fingerprint density at radius 1 is 0.682 bits per heavy atom. The van der Waals surface area contributed by atoms with Gasteiger partial charge in [-0.1, -0.05) is 46.4 Å². The molecule has 2 aromatic rings. The minimum atomic E-state index is 0.342. The van der Waals surface area contributed by atoms with Crippen molar-refractivity contribution < 1.29 is 9.59 Å². The lowest BCUT2D eigenvalue weighted by molar-refractivity contribution is 0.564. The largest absolute Gasteiger partial charge is 0.240 e. The Balaban J connectivity index is 0.000000220. The molecule has 0 heterocycles. The lowest BCUT2D eigenvalue weighted by atomic mass is 10.3. The van der Waals surface area contributed by atoms with Crippen LogP contribution in [-0.4, -0.2) is 12.2 Å². The van der Waals surface area contributed by atoms with Gasteiger partial charge in [-0.3, -0.25) is 0 Å². The molecule has 0 amide bonds. The summed E-state index contributed by atoms with van der Waals surface area (Å²) in [7, 11) is 0. The predicted molar refractivity (Wildman–Crippen MR) is 88.5 cm³/mol. The quantitative estimate of drug-likeness (QED) is 0.483. The van der Waals surface area contributed by atoms with Crippen molar-refractivity contribution >= 4 is 69.9 Å². The molecule has 0 N–H and O–H groups in total. The van der Waals surface area contributed by atoms with E-state index in [9.17, 15) is 9.59 Å². The Hall–Kier alpha value is -1.64. The summed E-state index contributed by atoms with van der Waals surface area (Å²) in [5.74, 6) is 0. The highest BCUT2D eigenvalue weighted by Crippen LogP contribution is 2.27. The van der Waals surface area contributed by atoms with Crippen molar-refractivity contribution in [1.29, 1.82) is 0 Å². The van der Waals surface area contributed by atoms with Gasteiger partial charge in [-0.2, -0.15) is 9.98 Å². The first kappa shape index (κ1) is 18.4. The van der Waals surface area contributed by atoms with Crippen LogP contribution in [0.4, 0.5) is 11.4 Å². The fourth-order valence-corrected chi connectivity index (χ4v) is 2.02. The van der Waals surface area contributed by atoms with E-state index in [0.29, 0.717) is 31.5 Å². The molecule has 0 unspecified atom stereocenters. The van der Waals surface area contributed by atoms with Crippen LogP contribution >= 0.6 is 46.4 Å². The van der Waals surface area contributed by atoms with E-state index in [4.69, 9.17) is 46.4 Å². The molecular weight excluding hydrogens is 370 g/mol. The second-order valence-electron chi connectivity index (χ2n) is 3.60. The minimum absolute atomic E-state index is 0.342. The van der Waals surface area contributed by atoms with E-state index in [2.05, 4.69) is 9.98 Å². The number of nitrogens with zero attached hydrogens (tertiary/aromatic N) is 2. The molecule has 0 aromatic heterocycles.